The molecule has 0 saturated heterocycles. The summed E-state index contributed by atoms with van der Waals surface area (Å²) in [4.78, 5) is 17.6. The fraction of sp³-hybridized carbons (Fsp3) is 0. The van der Waals surface area contributed by atoms with E-state index < -0.39 is 7.32 Å². The van der Waals surface area contributed by atoms with Gasteiger partial charge in [0.1, 0.15) is 0 Å². The Morgan fingerprint density at radius 1 is 0.818 bits per heavy atom. The number of carbonyl (C=O) groups is 2. The van der Waals surface area contributed by atoms with Crippen LogP contribution in [-0.2, 0) is 9.59 Å². The van der Waals surface area contributed by atoms with Gasteiger partial charge in [-0.15, -0.1) is 0 Å². The first-order chi connectivity index (χ1) is 3.65. The van der Waals surface area contributed by atoms with E-state index in [4.69, 9.17) is 24.7 Å². The van der Waals surface area contributed by atoms with Gasteiger partial charge in [-0.25, -0.2) is 0 Å². The van der Waals surface area contributed by atoms with Crippen LogP contribution in [0.4, 0.5) is 0 Å². The number of aldehydes is 2. The van der Waals surface area contributed by atoms with E-state index in [-0.39, 0.29) is 101 Å². The predicted molar refractivity (Wildman–Crippen MR) is 17.9 cm³/mol. The van der Waals surface area contributed by atoms with Crippen LogP contribution in [0.15, 0.2) is 0 Å². The van der Waals surface area contributed by atoms with Crippen molar-refractivity contribution in [1.29, 1.82) is 0 Å². The molecule has 0 aromatic heterocycles. The van der Waals surface area contributed by atoms with E-state index in [9.17, 15) is 0 Å². The minimum Gasteiger partial charge on any atom is -0.907 e. The summed E-state index contributed by atoms with van der Waals surface area (Å²) >= 11 is 0. The predicted octanol–water partition coefficient (Wildman–Crippen LogP) is -13.6. The summed E-state index contributed by atoms with van der Waals surface area (Å²) in [7, 11) is -2.92. The van der Waals surface area contributed by atoms with Crippen molar-refractivity contribution < 1.29 is 113 Å². The van der Waals surface area contributed by atoms with E-state index in [0.717, 1.165) is 0 Å². The van der Waals surface area contributed by atoms with Crippen LogP contribution < -0.4 is 104 Å². The summed E-state index contributed by atoms with van der Waals surface area (Å²) in [6.45, 7) is 0. The zero-order valence-corrected chi connectivity index (χ0v) is 12.8. The molecule has 0 rings (SSSR count). The monoisotopic (exact) mass is 186 g/mol. The number of rotatable bonds is 1. The van der Waals surface area contributed by atoms with Crippen molar-refractivity contribution >= 4 is 19.9 Å². The molecule has 5 nitrogen and oxygen atoms in total. The van der Waals surface area contributed by atoms with Crippen LogP contribution in [0.2, 0.25) is 0 Å². The van der Waals surface area contributed by atoms with Gasteiger partial charge >= 0.3 is 88.7 Å². The van der Waals surface area contributed by atoms with Gasteiger partial charge in [0.25, 0.3) is 0 Å². The average molecular weight is 186 g/mol. The van der Waals surface area contributed by atoms with Gasteiger partial charge in [-0.1, -0.05) is 0 Å². The minimum absolute atomic E-state index is 0. The summed E-state index contributed by atoms with van der Waals surface area (Å²) in [6.07, 6.45) is 0.389. The molecular formula is C2H2BNa3O5. The standard InChI is InChI=1S/C2H2O2.BO3.3Na/c3-1-2-4;2-1(3)4;;;/h1-2H;;;;/q;-3;3*+1. The van der Waals surface area contributed by atoms with Crippen LogP contribution in [0.1, 0.15) is 0 Å². The van der Waals surface area contributed by atoms with Gasteiger partial charge in [0.05, 0.1) is 0 Å². The molecule has 46 valence electrons. The van der Waals surface area contributed by atoms with Crippen molar-refractivity contribution in [2.75, 3.05) is 0 Å². The summed E-state index contributed by atoms with van der Waals surface area (Å²) < 4.78 is 0. The molecule has 0 aliphatic heterocycles. The Morgan fingerprint density at radius 2 is 0.909 bits per heavy atom. The second-order valence-corrected chi connectivity index (χ2v) is 0.561. The molecule has 9 heteroatoms. The number of carbonyl (C=O) groups excluding carboxylic acids is 2. The van der Waals surface area contributed by atoms with E-state index >= 15 is 0 Å². The van der Waals surface area contributed by atoms with Crippen LogP contribution >= 0.6 is 0 Å². The molecule has 0 aromatic carbocycles. The SMILES string of the molecule is O=CC=O.[Na+].[Na+].[Na+].[O-]B([O-])[O-]. The Hall–Kier alpha value is 2.28. The van der Waals surface area contributed by atoms with Crippen LogP contribution in [0.3, 0.4) is 0 Å². The van der Waals surface area contributed by atoms with Gasteiger partial charge in [-0.3, -0.25) is 16.9 Å². The molecule has 0 aliphatic rings. The van der Waals surface area contributed by atoms with Crippen molar-refractivity contribution in [3.8, 4) is 0 Å². The van der Waals surface area contributed by atoms with Crippen molar-refractivity contribution in [2.24, 2.45) is 0 Å². The van der Waals surface area contributed by atoms with Gasteiger partial charge in [-0.05, 0) is 0 Å². The molecule has 0 fully saturated rings. The van der Waals surface area contributed by atoms with Crippen molar-refractivity contribution in [3.05, 3.63) is 0 Å². The Kier molecular flexibility index (Phi) is 78.3. The topological polar surface area (TPSA) is 103 Å². The molecule has 11 heavy (non-hydrogen) atoms. The third-order valence-corrected chi connectivity index (χ3v) is 0.0556. The molecule has 0 atom stereocenters. The quantitative estimate of drug-likeness (QED) is 0.229. The van der Waals surface area contributed by atoms with E-state index in [1.165, 1.54) is 0 Å². The third-order valence-electron chi connectivity index (χ3n) is 0.0556. The van der Waals surface area contributed by atoms with Crippen molar-refractivity contribution in [2.45, 2.75) is 0 Å². The fourth-order valence-corrected chi connectivity index (χ4v) is 0. The van der Waals surface area contributed by atoms with Gasteiger partial charge in [0.15, 0.2) is 12.6 Å². The van der Waals surface area contributed by atoms with Crippen molar-refractivity contribution in [1.82, 2.24) is 0 Å². The molecule has 0 amide bonds. The summed E-state index contributed by atoms with van der Waals surface area (Å²) in [5, 5.41) is 25.2. The van der Waals surface area contributed by atoms with Crippen LogP contribution in [-0.4, -0.2) is 19.9 Å². The number of hydrogen-bond donors (Lipinski definition) is 0. The molecule has 0 spiro atoms. The average Bonchev–Trinajstić information content (AvgIpc) is 1.65. The maximum atomic E-state index is 8.81. The van der Waals surface area contributed by atoms with Crippen molar-refractivity contribution in [3.63, 3.8) is 0 Å². The molecule has 0 radical (unpaired) electrons. The molecule has 0 aliphatic carbocycles. The molecule has 0 aromatic rings. The van der Waals surface area contributed by atoms with Crippen LogP contribution in [0, 0.1) is 0 Å². The maximum absolute atomic E-state index is 8.81. The first-order valence-electron chi connectivity index (χ1n) is 1.51. The zero-order chi connectivity index (χ0) is 6.99. The molecule has 0 bridgehead atoms. The Bertz CT molecular complexity index is 62.0. The van der Waals surface area contributed by atoms with Crippen LogP contribution in [0.25, 0.3) is 0 Å². The maximum Gasteiger partial charge on any atom is 1.00 e. The van der Waals surface area contributed by atoms with Gasteiger partial charge in [0, 0.05) is 0 Å². The molecule has 0 unspecified atom stereocenters. The van der Waals surface area contributed by atoms with E-state index in [1.54, 1.807) is 0 Å². The molecular weight excluding hydrogens is 184 g/mol. The fourth-order valence-electron chi connectivity index (χ4n) is 0. The summed E-state index contributed by atoms with van der Waals surface area (Å²) in [6, 6.07) is 0. The first-order valence-corrected chi connectivity index (χ1v) is 1.51. The second-order valence-electron chi connectivity index (χ2n) is 0.561. The Balaban J connectivity index is -0.0000000171. The summed E-state index contributed by atoms with van der Waals surface area (Å²) in [5.74, 6) is 0. The Morgan fingerprint density at radius 3 is 0.909 bits per heavy atom. The van der Waals surface area contributed by atoms with Gasteiger partial charge in [0.2, 0.25) is 0 Å². The van der Waals surface area contributed by atoms with Gasteiger partial charge in [-0.2, -0.15) is 0 Å². The molecule has 0 heterocycles. The largest absolute Gasteiger partial charge is 1.00 e. The van der Waals surface area contributed by atoms with E-state index in [1.807, 2.05) is 0 Å². The Labute approximate surface area is 131 Å². The van der Waals surface area contributed by atoms with Crippen LogP contribution in [0.5, 0.6) is 0 Å². The smallest absolute Gasteiger partial charge is 0.907 e. The molecule has 0 N–H and O–H groups in total. The zero-order valence-electron chi connectivity index (χ0n) is 6.77. The normalized spacial score (nSPS) is 4.27. The van der Waals surface area contributed by atoms with E-state index in [0.29, 0.717) is 0 Å². The second kappa shape index (κ2) is 29.5. The third kappa shape index (κ3) is 120. The minimum atomic E-state index is -2.92. The van der Waals surface area contributed by atoms with E-state index in [2.05, 4.69) is 0 Å². The summed E-state index contributed by atoms with van der Waals surface area (Å²) in [5.41, 5.74) is 0. The first kappa shape index (κ1) is 29.2. The molecule has 0 saturated carbocycles. The number of hydrogen-bond acceptors (Lipinski definition) is 5. The van der Waals surface area contributed by atoms with Gasteiger partial charge < -0.3 is 15.1 Å².